The van der Waals surface area contributed by atoms with Crippen LogP contribution in [0.3, 0.4) is 0 Å². The van der Waals surface area contributed by atoms with Crippen LogP contribution in [-0.4, -0.2) is 33.9 Å². The fourth-order valence-corrected chi connectivity index (χ4v) is 2.72. The Labute approximate surface area is 153 Å². The summed E-state index contributed by atoms with van der Waals surface area (Å²) < 4.78 is 5.36. The van der Waals surface area contributed by atoms with E-state index in [1.165, 1.54) is 0 Å². The van der Waals surface area contributed by atoms with Crippen LogP contribution in [0.4, 0.5) is 0 Å². The average molecular weight is 360 g/mol. The van der Waals surface area contributed by atoms with Crippen LogP contribution in [0, 0.1) is 11.8 Å². The van der Waals surface area contributed by atoms with Crippen molar-refractivity contribution < 1.29 is 14.3 Å². The number of nitrogens with one attached hydrogen (secondary N) is 2. The van der Waals surface area contributed by atoms with Crippen LogP contribution in [0.15, 0.2) is 24.3 Å². The molecule has 0 aliphatic heterocycles. The second kappa shape index (κ2) is 8.80. The normalized spacial score (nSPS) is 13.8. The number of esters is 1. The number of hydrogen-bond donors (Lipinski definition) is 3. The third-order valence-corrected chi connectivity index (χ3v) is 3.94. The zero-order valence-corrected chi connectivity index (χ0v) is 15.8. The molecule has 0 unspecified atom stereocenters. The molecule has 1 aromatic carbocycles. The maximum absolute atomic E-state index is 12.6. The minimum Gasteiger partial charge on any atom is -0.391 e. The van der Waals surface area contributed by atoms with E-state index in [2.05, 4.69) is 15.3 Å². The molecular weight excluding hydrogens is 332 g/mol. The molecule has 2 rings (SSSR count). The third-order valence-electron chi connectivity index (χ3n) is 3.94. The molecule has 1 aromatic heterocycles. The predicted octanol–water partition coefficient (Wildman–Crippen LogP) is 2.37. The zero-order chi connectivity index (χ0) is 19.3. The standard InChI is InChI=1S/C19H28N4O3/c1-11(2)9-13(20)17(24)21-16(10-12(3)4)18(25)26-19-22-14-7-5-6-8-15(14)23-19/h5-8,11-13,16H,9-10,20H2,1-4H3,(H,21,24)(H,22,23)/t13-,16+/m0/s1. The molecular formula is C19H28N4O3. The number of ether oxygens (including phenoxy) is 1. The zero-order valence-electron chi connectivity index (χ0n) is 15.8. The van der Waals surface area contributed by atoms with Gasteiger partial charge in [0.05, 0.1) is 17.1 Å². The Morgan fingerprint density at radius 1 is 1.15 bits per heavy atom. The van der Waals surface area contributed by atoms with Gasteiger partial charge < -0.3 is 20.8 Å². The summed E-state index contributed by atoms with van der Waals surface area (Å²) in [7, 11) is 0. The quantitative estimate of drug-likeness (QED) is 0.626. The van der Waals surface area contributed by atoms with Crippen LogP contribution >= 0.6 is 0 Å². The SMILES string of the molecule is CC(C)C[C@H](N)C(=O)N[C@H](CC(C)C)C(=O)Oc1nc2ccccc2[nH]1. The van der Waals surface area contributed by atoms with Crippen LogP contribution in [0.25, 0.3) is 11.0 Å². The van der Waals surface area contributed by atoms with E-state index in [9.17, 15) is 9.59 Å². The summed E-state index contributed by atoms with van der Waals surface area (Å²) in [5, 5.41) is 2.73. The lowest BCUT2D eigenvalue weighted by molar-refractivity contribution is -0.140. The van der Waals surface area contributed by atoms with Crippen LogP contribution in [0.5, 0.6) is 6.01 Å². The van der Waals surface area contributed by atoms with E-state index in [0.29, 0.717) is 24.3 Å². The summed E-state index contributed by atoms with van der Waals surface area (Å²) >= 11 is 0. The number of imidazole rings is 1. The van der Waals surface area contributed by atoms with Crippen molar-refractivity contribution in [2.24, 2.45) is 17.6 Å². The van der Waals surface area contributed by atoms with Crippen molar-refractivity contribution in [3.8, 4) is 6.01 Å². The van der Waals surface area contributed by atoms with Crippen molar-refractivity contribution in [1.29, 1.82) is 0 Å². The molecule has 142 valence electrons. The first-order chi connectivity index (χ1) is 12.3. The van der Waals surface area contributed by atoms with Crippen LogP contribution in [0.2, 0.25) is 0 Å². The van der Waals surface area contributed by atoms with E-state index in [4.69, 9.17) is 10.5 Å². The number of nitrogens with two attached hydrogens (primary N) is 1. The van der Waals surface area contributed by atoms with Crippen molar-refractivity contribution >= 4 is 22.9 Å². The highest BCUT2D eigenvalue weighted by molar-refractivity contribution is 5.88. The van der Waals surface area contributed by atoms with Gasteiger partial charge in [-0.3, -0.25) is 4.79 Å². The van der Waals surface area contributed by atoms with Gasteiger partial charge in [0.2, 0.25) is 5.91 Å². The largest absolute Gasteiger partial charge is 0.391 e. The van der Waals surface area contributed by atoms with Crippen LogP contribution in [-0.2, 0) is 9.59 Å². The molecule has 7 nitrogen and oxygen atoms in total. The summed E-state index contributed by atoms with van der Waals surface area (Å²) in [6.07, 6.45) is 1.01. The smallest absolute Gasteiger partial charge is 0.336 e. The number of hydrogen-bond acceptors (Lipinski definition) is 5. The van der Waals surface area contributed by atoms with Crippen molar-refractivity contribution in [1.82, 2.24) is 15.3 Å². The first-order valence-electron chi connectivity index (χ1n) is 8.98. The summed E-state index contributed by atoms with van der Waals surface area (Å²) in [5.41, 5.74) is 7.40. The first kappa shape index (κ1) is 19.9. The van der Waals surface area contributed by atoms with Gasteiger partial charge in [0.15, 0.2) is 0 Å². The van der Waals surface area contributed by atoms with E-state index >= 15 is 0 Å². The van der Waals surface area contributed by atoms with Gasteiger partial charge in [-0.15, -0.1) is 0 Å². The number of nitrogens with zero attached hydrogens (tertiary/aromatic N) is 1. The Balaban J connectivity index is 2.07. The molecule has 0 spiro atoms. The van der Waals surface area contributed by atoms with Gasteiger partial charge in [-0.05, 0) is 36.8 Å². The molecule has 0 radical (unpaired) electrons. The third kappa shape index (κ3) is 5.56. The summed E-state index contributed by atoms with van der Waals surface area (Å²) in [5.74, 6) is -0.402. The summed E-state index contributed by atoms with van der Waals surface area (Å²) in [6, 6.07) is 6.08. The first-order valence-corrected chi connectivity index (χ1v) is 8.98. The van der Waals surface area contributed by atoms with Gasteiger partial charge in [0.1, 0.15) is 6.04 Å². The number of amides is 1. The summed E-state index contributed by atoms with van der Waals surface area (Å²) in [6.45, 7) is 7.94. The highest BCUT2D eigenvalue weighted by Gasteiger charge is 2.27. The van der Waals surface area contributed by atoms with Gasteiger partial charge in [-0.1, -0.05) is 39.8 Å². The highest BCUT2D eigenvalue weighted by Crippen LogP contribution is 2.16. The lowest BCUT2D eigenvalue weighted by atomic mass is 10.0. The Bertz CT molecular complexity index is 721. The topological polar surface area (TPSA) is 110 Å². The lowest BCUT2D eigenvalue weighted by Crippen LogP contribution is -2.50. The average Bonchev–Trinajstić information content (AvgIpc) is 2.95. The van der Waals surface area contributed by atoms with E-state index in [-0.39, 0.29) is 17.8 Å². The Morgan fingerprint density at radius 2 is 1.81 bits per heavy atom. The fraction of sp³-hybridized carbons (Fsp3) is 0.526. The van der Waals surface area contributed by atoms with E-state index in [0.717, 1.165) is 5.52 Å². The van der Waals surface area contributed by atoms with Crippen molar-refractivity contribution in [2.75, 3.05) is 0 Å². The number of benzene rings is 1. The molecule has 7 heteroatoms. The molecule has 1 heterocycles. The van der Waals surface area contributed by atoms with E-state index < -0.39 is 18.1 Å². The number of para-hydroxylation sites is 2. The second-order valence-electron chi connectivity index (χ2n) is 7.41. The molecule has 26 heavy (non-hydrogen) atoms. The van der Waals surface area contributed by atoms with Crippen molar-refractivity contribution in [3.63, 3.8) is 0 Å². The summed E-state index contributed by atoms with van der Waals surface area (Å²) in [4.78, 5) is 32.0. The van der Waals surface area contributed by atoms with E-state index in [1.807, 2.05) is 52.0 Å². The molecule has 4 N–H and O–H groups in total. The molecule has 2 atom stereocenters. The molecule has 1 amide bonds. The molecule has 0 fully saturated rings. The molecule has 0 saturated heterocycles. The number of carbonyl (C=O) groups is 2. The number of fused-ring (bicyclic) bond motifs is 1. The molecule has 0 aliphatic carbocycles. The Kier molecular flexibility index (Phi) is 6.74. The van der Waals surface area contributed by atoms with Crippen molar-refractivity contribution in [3.05, 3.63) is 24.3 Å². The number of aromatic nitrogens is 2. The molecule has 0 saturated carbocycles. The number of H-pyrrole nitrogens is 1. The van der Waals surface area contributed by atoms with Gasteiger partial charge in [0.25, 0.3) is 0 Å². The van der Waals surface area contributed by atoms with Gasteiger partial charge in [0, 0.05) is 0 Å². The van der Waals surface area contributed by atoms with E-state index in [1.54, 1.807) is 0 Å². The van der Waals surface area contributed by atoms with Crippen LogP contribution < -0.4 is 15.8 Å². The minimum absolute atomic E-state index is 0.116. The maximum atomic E-state index is 12.6. The molecule has 0 bridgehead atoms. The number of rotatable bonds is 8. The van der Waals surface area contributed by atoms with Crippen LogP contribution in [0.1, 0.15) is 40.5 Å². The monoisotopic (exact) mass is 360 g/mol. The predicted molar refractivity (Wildman–Crippen MR) is 101 cm³/mol. The Hall–Kier alpha value is -2.41. The number of carbonyl (C=O) groups excluding carboxylic acids is 2. The van der Waals surface area contributed by atoms with Gasteiger partial charge in [-0.25, -0.2) is 4.79 Å². The fourth-order valence-electron chi connectivity index (χ4n) is 2.72. The number of aromatic amines is 1. The highest BCUT2D eigenvalue weighted by atomic mass is 16.5. The maximum Gasteiger partial charge on any atom is 0.336 e. The van der Waals surface area contributed by atoms with Gasteiger partial charge >= 0.3 is 12.0 Å². The van der Waals surface area contributed by atoms with Crippen molar-refractivity contribution in [2.45, 2.75) is 52.6 Å². The Morgan fingerprint density at radius 3 is 2.42 bits per heavy atom. The molecule has 0 aliphatic rings. The second-order valence-corrected chi connectivity index (χ2v) is 7.41. The van der Waals surface area contributed by atoms with Gasteiger partial charge in [-0.2, -0.15) is 4.98 Å². The minimum atomic E-state index is -0.770. The molecule has 2 aromatic rings. The lowest BCUT2D eigenvalue weighted by Gasteiger charge is -2.21.